The number of nitrogens with one attached hydrogen (secondary N) is 1. The fraction of sp³-hybridized carbons (Fsp3) is 0.444. The molecule has 0 bridgehead atoms. The first kappa shape index (κ1) is 13.6. The number of aromatic nitrogens is 2. The lowest BCUT2D eigenvalue weighted by molar-refractivity contribution is -0.143. The molecule has 1 aromatic heterocycles. The Labute approximate surface area is 103 Å². The van der Waals surface area contributed by atoms with Crippen molar-refractivity contribution in [2.24, 2.45) is 10.3 Å². The molecular formula is C9H14N6O3. The van der Waals surface area contributed by atoms with Crippen molar-refractivity contribution in [2.75, 3.05) is 5.73 Å². The molecule has 0 fully saturated rings. The minimum Gasteiger partial charge on any atom is -0.458 e. The largest absolute Gasteiger partial charge is 0.458 e. The van der Waals surface area contributed by atoms with Crippen LogP contribution in [0.25, 0.3) is 0 Å². The molecule has 0 saturated carbocycles. The van der Waals surface area contributed by atoms with Crippen LogP contribution in [0.15, 0.2) is 26.7 Å². The van der Waals surface area contributed by atoms with E-state index in [2.05, 4.69) is 30.7 Å². The lowest BCUT2D eigenvalue weighted by Crippen LogP contribution is -2.20. The molecule has 0 amide bonds. The van der Waals surface area contributed by atoms with Crippen LogP contribution in [-0.4, -0.2) is 22.4 Å². The molecule has 0 spiro atoms. The van der Waals surface area contributed by atoms with E-state index in [1.54, 1.807) is 20.8 Å². The molecule has 0 aliphatic rings. The number of nitrogens with two attached hydrogens (primary N) is 1. The SMILES string of the molecule is C/C=C(/NN=Nc1nonc1N)C(=O)OC(C)C. The average Bonchev–Trinajstić information content (AvgIpc) is 2.69. The van der Waals surface area contributed by atoms with Gasteiger partial charge in [0.05, 0.1) is 6.10 Å². The zero-order chi connectivity index (χ0) is 13.5. The summed E-state index contributed by atoms with van der Waals surface area (Å²) < 4.78 is 9.29. The van der Waals surface area contributed by atoms with Crippen LogP contribution in [0.1, 0.15) is 20.8 Å². The van der Waals surface area contributed by atoms with E-state index in [9.17, 15) is 4.79 Å². The molecule has 0 atom stereocenters. The molecule has 0 aliphatic carbocycles. The Bertz CT molecular complexity index is 465. The molecule has 0 aromatic carbocycles. The number of nitrogens with zero attached hydrogens (tertiary/aromatic N) is 4. The highest BCUT2D eigenvalue weighted by Gasteiger charge is 2.11. The minimum absolute atomic E-state index is 0.00679. The van der Waals surface area contributed by atoms with Gasteiger partial charge in [0.2, 0.25) is 5.82 Å². The van der Waals surface area contributed by atoms with E-state index >= 15 is 0 Å². The number of allylic oxidation sites excluding steroid dienone is 1. The number of carbonyl (C=O) groups is 1. The summed E-state index contributed by atoms with van der Waals surface area (Å²) in [6, 6.07) is 0. The summed E-state index contributed by atoms with van der Waals surface area (Å²) in [5.74, 6) is -0.500. The second kappa shape index (κ2) is 6.33. The van der Waals surface area contributed by atoms with Gasteiger partial charge in [0, 0.05) is 0 Å². The van der Waals surface area contributed by atoms with Gasteiger partial charge in [-0.25, -0.2) is 9.42 Å². The number of hydrogen-bond acceptors (Lipinski definition) is 8. The summed E-state index contributed by atoms with van der Waals surface area (Å²) in [5.41, 5.74) is 7.94. The number of ether oxygens (including phenoxy) is 1. The topological polar surface area (TPSA) is 128 Å². The highest BCUT2D eigenvalue weighted by molar-refractivity contribution is 5.87. The number of nitrogen functional groups attached to an aromatic ring is 1. The van der Waals surface area contributed by atoms with Gasteiger partial charge in [-0.15, -0.1) is 5.11 Å². The van der Waals surface area contributed by atoms with Crippen LogP contribution in [0.4, 0.5) is 11.6 Å². The van der Waals surface area contributed by atoms with E-state index in [0.717, 1.165) is 0 Å². The predicted octanol–water partition coefficient (Wildman–Crippen LogP) is 1.10. The maximum atomic E-state index is 11.5. The van der Waals surface area contributed by atoms with E-state index in [0.29, 0.717) is 0 Å². The van der Waals surface area contributed by atoms with Crippen LogP contribution < -0.4 is 11.2 Å². The summed E-state index contributed by atoms with van der Waals surface area (Å²) in [5, 5.41) is 13.8. The van der Waals surface area contributed by atoms with Gasteiger partial charge in [0.15, 0.2) is 0 Å². The normalized spacial score (nSPS) is 12.1. The molecule has 1 rings (SSSR count). The van der Waals surface area contributed by atoms with E-state index in [4.69, 9.17) is 10.5 Å². The van der Waals surface area contributed by atoms with E-state index in [-0.39, 0.29) is 23.4 Å². The molecule has 98 valence electrons. The maximum Gasteiger partial charge on any atom is 0.356 e. The number of anilines is 1. The van der Waals surface area contributed by atoms with Gasteiger partial charge in [-0.05, 0) is 31.1 Å². The predicted molar refractivity (Wildman–Crippen MR) is 61.3 cm³/mol. The lowest BCUT2D eigenvalue weighted by Gasteiger charge is -2.08. The summed E-state index contributed by atoms with van der Waals surface area (Å²) in [6.45, 7) is 5.15. The summed E-state index contributed by atoms with van der Waals surface area (Å²) >= 11 is 0. The van der Waals surface area contributed by atoms with Crippen molar-refractivity contribution < 1.29 is 14.2 Å². The van der Waals surface area contributed by atoms with E-state index in [1.807, 2.05) is 0 Å². The average molecular weight is 254 g/mol. The first-order valence-corrected chi connectivity index (χ1v) is 5.16. The number of rotatable bonds is 5. The summed E-state index contributed by atoms with van der Waals surface area (Å²) in [4.78, 5) is 11.5. The zero-order valence-electron chi connectivity index (χ0n) is 10.2. The van der Waals surface area contributed by atoms with Crippen molar-refractivity contribution in [3.8, 4) is 0 Å². The molecule has 9 heteroatoms. The molecule has 0 saturated heterocycles. The third-order valence-electron chi connectivity index (χ3n) is 1.66. The van der Waals surface area contributed by atoms with Crippen LogP contribution in [0, 0.1) is 0 Å². The number of esters is 1. The van der Waals surface area contributed by atoms with Crippen LogP contribution in [0.5, 0.6) is 0 Å². The van der Waals surface area contributed by atoms with Crippen LogP contribution in [0.3, 0.4) is 0 Å². The number of carbonyl (C=O) groups excluding carboxylic acids is 1. The van der Waals surface area contributed by atoms with Crippen molar-refractivity contribution in [1.82, 2.24) is 15.7 Å². The second-order valence-corrected chi connectivity index (χ2v) is 3.44. The highest BCUT2D eigenvalue weighted by Crippen LogP contribution is 2.14. The highest BCUT2D eigenvalue weighted by atomic mass is 16.6. The molecule has 9 nitrogen and oxygen atoms in total. The standard InChI is InChI=1S/C9H14N6O3/c1-4-6(9(16)17-5(2)3)11-15-12-8-7(10)13-18-14-8/h4-5H,1-3H3,(H2,10,13)(H,11,12,14)/b6-4+. The monoisotopic (exact) mass is 254 g/mol. The molecule has 0 unspecified atom stereocenters. The quantitative estimate of drug-likeness (QED) is 0.348. The minimum atomic E-state index is -0.530. The van der Waals surface area contributed by atoms with Gasteiger partial charge in [0.25, 0.3) is 5.82 Å². The van der Waals surface area contributed by atoms with Gasteiger partial charge < -0.3 is 10.5 Å². The summed E-state index contributed by atoms with van der Waals surface area (Å²) in [7, 11) is 0. The Morgan fingerprint density at radius 3 is 2.78 bits per heavy atom. The van der Waals surface area contributed by atoms with Crippen molar-refractivity contribution in [1.29, 1.82) is 0 Å². The second-order valence-electron chi connectivity index (χ2n) is 3.44. The molecule has 0 aliphatic heterocycles. The Balaban J connectivity index is 2.58. The summed E-state index contributed by atoms with van der Waals surface area (Å²) in [6.07, 6.45) is 1.29. The van der Waals surface area contributed by atoms with Crippen LogP contribution >= 0.6 is 0 Å². The van der Waals surface area contributed by atoms with Gasteiger partial charge in [-0.3, -0.25) is 5.43 Å². The van der Waals surface area contributed by atoms with Crippen molar-refractivity contribution in [3.63, 3.8) is 0 Å². The Morgan fingerprint density at radius 1 is 1.56 bits per heavy atom. The molecule has 1 heterocycles. The lowest BCUT2D eigenvalue weighted by atomic mass is 10.4. The molecule has 3 N–H and O–H groups in total. The smallest absolute Gasteiger partial charge is 0.356 e. The Hall–Kier alpha value is -2.45. The van der Waals surface area contributed by atoms with E-state index in [1.165, 1.54) is 6.08 Å². The molecular weight excluding hydrogens is 240 g/mol. The van der Waals surface area contributed by atoms with Crippen molar-refractivity contribution in [3.05, 3.63) is 11.8 Å². The van der Waals surface area contributed by atoms with Crippen molar-refractivity contribution in [2.45, 2.75) is 26.9 Å². The Kier molecular flexibility index (Phi) is 4.78. The molecule has 1 aromatic rings. The third-order valence-corrected chi connectivity index (χ3v) is 1.66. The fourth-order valence-electron chi connectivity index (χ4n) is 0.892. The van der Waals surface area contributed by atoms with Crippen LogP contribution in [-0.2, 0) is 9.53 Å². The number of hydrogen-bond donors (Lipinski definition) is 2. The van der Waals surface area contributed by atoms with Gasteiger partial charge >= 0.3 is 5.97 Å². The van der Waals surface area contributed by atoms with E-state index < -0.39 is 5.97 Å². The first-order chi connectivity index (χ1) is 8.54. The van der Waals surface area contributed by atoms with Gasteiger partial charge in [0.1, 0.15) is 5.70 Å². The fourth-order valence-corrected chi connectivity index (χ4v) is 0.892. The molecule has 18 heavy (non-hydrogen) atoms. The van der Waals surface area contributed by atoms with Crippen molar-refractivity contribution >= 4 is 17.6 Å². The Morgan fingerprint density at radius 2 is 2.28 bits per heavy atom. The maximum absolute atomic E-state index is 11.5. The van der Waals surface area contributed by atoms with Gasteiger partial charge in [-0.2, -0.15) is 0 Å². The van der Waals surface area contributed by atoms with Gasteiger partial charge in [-0.1, -0.05) is 11.3 Å². The van der Waals surface area contributed by atoms with Crippen LogP contribution in [0.2, 0.25) is 0 Å². The third kappa shape index (κ3) is 3.85. The zero-order valence-corrected chi connectivity index (χ0v) is 10.2. The first-order valence-electron chi connectivity index (χ1n) is 5.16. The molecule has 0 radical (unpaired) electrons.